The number of nitrogens with zero attached hydrogens (tertiary/aromatic N) is 1. The maximum absolute atomic E-state index is 12.7. The van der Waals surface area contributed by atoms with Crippen molar-refractivity contribution in [3.63, 3.8) is 0 Å². The van der Waals surface area contributed by atoms with Crippen molar-refractivity contribution in [1.29, 1.82) is 0 Å². The van der Waals surface area contributed by atoms with Crippen molar-refractivity contribution in [1.82, 2.24) is 10.2 Å². The van der Waals surface area contributed by atoms with Crippen LogP contribution in [0.15, 0.2) is 18.2 Å². The third-order valence-corrected chi connectivity index (χ3v) is 4.90. The van der Waals surface area contributed by atoms with E-state index in [1.807, 2.05) is 24.0 Å². The van der Waals surface area contributed by atoms with E-state index in [4.69, 9.17) is 4.74 Å². The van der Waals surface area contributed by atoms with Crippen LogP contribution in [-0.2, 0) is 9.53 Å². The highest BCUT2D eigenvalue weighted by molar-refractivity contribution is 5.97. The Balaban J connectivity index is 1.65. The number of ether oxygens (including phenoxy) is 1. The molecule has 0 radical (unpaired) electrons. The van der Waals surface area contributed by atoms with Crippen LogP contribution in [0.2, 0.25) is 0 Å². The van der Waals surface area contributed by atoms with Gasteiger partial charge in [0.25, 0.3) is 11.8 Å². The summed E-state index contributed by atoms with van der Waals surface area (Å²) in [5, 5.41) is 6.05. The lowest BCUT2D eigenvalue weighted by molar-refractivity contribution is -0.128. The molecule has 2 aliphatic heterocycles. The van der Waals surface area contributed by atoms with Crippen molar-refractivity contribution in [2.75, 3.05) is 38.1 Å². The molecule has 6 nitrogen and oxygen atoms in total. The molecule has 1 aromatic carbocycles. The molecule has 2 amide bonds. The van der Waals surface area contributed by atoms with E-state index < -0.39 is 6.10 Å². The minimum Gasteiger partial charge on any atom is -0.366 e. The van der Waals surface area contributed by atoms with Crippen molar-refractivity contribution in [2.45, 2.75) is 32.8 Å². The predicted molar refractivity (Wildman–Crippen MR) is 96.7 cm³/mol. The Bertz CT molecular complexity index is 641. The molecule has 2 unspecified atom stereocenters. The highest BCUT2D eigenvalue weighted by Gasteiger charge is 2.24. The predicted octanol–water partition coefficient (Wildman–Crippen LogP) is 1.79. The maximum Gasteiger partial charge on any atom is 0.254 e. The summed E-state index contributed by atoms with van der Waals surface area (Å²) in [7, 11) is 0. The summed E-state index contributed by atoms with van der Waals surface area (Å²) < 4.78 is 5.47. The highest BCUT2D eigenvalue weighted by Crippen LogP contribution is 2.21. The van der Waals surface area contributed by atoms with Crippen LogP contribution >= 0.6 is 0 Å². The van der Waals surface area contributed by atoms with E-state index in [-0.39, 0.29) is 11.8 Å². The third kappa shape index (κ3) is 4.38. The summed E-state index contributed by atoms with van der Waals surface area (Å²) in [5.41, 5.74) is 2.29. The first kappa shape index (κ1) is 17.9. The number of hydrogen-bond acceptors (Lipinski definition) is 4. The first-order valence-electron chi connectivity index (χ1n) is 9.07. The molecule has 0 saturated carbocycles. The van der Waals surface area contributed by atoms with Gasteiger partial charge in [-0.25, -0.2) is 0 Å². The fraction of sp³-hybridized carbons (Fsp3) is 0.579. The van der Waals surface area contributed by atoms with Gasteiger partial charge in [0, 0.05) is 37.4 Å². The van der Waals surface area contributed by atoms with E-state index in [2.05, 4.69) is 17.6 Å². The monoisotopic (exact) mass is 345 g/mol. The zero-order valence-electron chi connectivity index (χ0n) is 15.0. The first-order valence-corrected chi connectivity index (χ1v) is 9.07. The van der Waals surface area contributed by atoms with Gasteiger partial charge in [-0.3, -0.25) is 9.59 Å². The van der Waals surface area contributed by atoms with Gasteiger partial charge in [0.15, 0.2) is 0 Å². The Kier molecular flexibility index (Phi) is 5.71. The Morgan fingerprint density at radius 2 is 2.20 bits per heavy atom. The summed E-state index contributed by atoms with van der Waals surface area (Å²) >= 11 is 0. The number of rotatable bonds is 3. The molecule has 2 N–H and O–H groups in total. The molecule has 0 spiro atoms. The molecule has 6 heteroatoms. The van der Waals surface area contributed by atoms with Gasteiger partial charge < -0.3 is 20.3 Å². The minimum absolute atomic E-state index is 0.0762. The van der Waals surface area contributed by atoms with Gasteiger partial charge in [-0.2, -0.15) is 0 Å². The standard InChI is InChI=1S/C19H27N3O3/c1-13-4-3-8-22(12-13)19(24)15-5-6-16(14(2)10-15)21-18(23)17-11-20-7-9-25-17/h5-6,10,13,17,20H,3-4,7-9,11-12H2,1-2H3,(H,21,23). The van der Waals surface area contributed by atoms with Gasteiger partial charge in [0.05, 0.1) is 6.61 Å². The molecule has 25 heavy (non-hydrogen) atoms. The van der Waals surface area contributed by atoms with Gasteiger partial charge in [-0.15, -0.1) is 0 Å². The lowest BCUT2D eigenvalue weighted by Gasteiger charge is -2.31. The van der Waals surface area contributed by atoms with Crippen LogP contribution in [0.25, 0.3) is 0 Å². The van der Waals surface area contributed by atoms with E-state index in [0.717, 1.165) is 37.3 Å². The number of benzene rings is 1. The second kappa shape index (κ2) is 7.97. The molecule has 3 rings (SSSR count). The van der Waals surface area contributed by atoms with Gasteiger partial charge >= 0.3 is 0 Å². The van der Waals surface area contributed by atoms with Gasteiger partial charge in [0.1, 0.15) is 6.10 Å². The number of piperidine rings is 1. The van der Waals surface area contributed by atoms with Crippen LogP contribution in [0.4, 0.5) is 5.69 Å². The van der Waals surface area contributed by atoms with E-state index in [1.165, 1.54) is 6.42 Å². The molecule has 0 aliphatic carbocycles. The zero-order valence-corrected chi connectivity index (χ0v) is 15.0. The number of anilines is 1. The fourth-order valence-electron chi connectivity index (χ4n) is 3.44. The number of morpholine rings is 1. The number of amides is 2. The van der Waals surface area contributed by atoms with Crippen LogP contribution in [0.1, 0.15) is 35.7 Å². The number of likely N-dealkylation sites (tertiary alicyclic amines) is 1. The zero-order chi connectivity index (χ0) is 17.8. The largest absolute Gasteiger partial charge is 0.366 e. The Morgan fingerprint density at radius 1 is 1.36 bits per heavy atom. The molecule has 2 heterocycles. The van der Waals surface area contributed by atoms with Crippen molar-refractivity contribution >= 4 is 17.5 Å². The van der Waals surface area contributed by atoms with Crippen molar-refractivity contribution in [2.24, 2.45) is 5.92 Å². The van der Waals surface area contributed by atoms with Crippen LogP contribution in [0.3, 0.4) is 0 Å². The summed E-state index contributed by atoms with van der Waals surface area (Å²) in [6.07, 6.45) is 1.78. The molecular formula is C19H27N3O3. The molecule has 1 aromatic rings. The second-order valence-electron chi connectivity index (χ2n) is 7.08. The lowest BCUT2D eigenvalue weighted by Crippen LogP contribution is -2.45. The average molecular weight is 345 g/mol. The van der Waals surface area contributed by atoms with Crippen LogP contribution in [-0.4, -0.2) is 55.6 Å². The number of hydrogen-bond donors (Lipinski definition) is 2. The Labute approximate surface area is 148 Å². The van der Waals surface area contributed by atoms with Crippen molar-refractivity contribution < 1.29 is 14.3 Å². The van der Waals surface area contributed by atoms with Crippen molar-refractivity contribution in [3.8, 4) is 0 Å². The molecular weight excluding hydrogens is 318 g/mol. The van der Waals surface area contributed by atoms with Gasteiger partial charge in [0.2, 0.25) is 0 Å². The summed E-state index contributed by atoms with van der Waals surface area (Å²) in [5.74, 6) is 0.480. The van der Waals surface area contributed by atoms with E-state index in [1.54, 1.807) is 6.07 Å². The average Bonchev–Trinajstić information content (AvgIpc) is 2.63. The summed E-state index contributed by atoms with van der Waals surface area (Å²) in [4.78, 5) is 26.9. The topological polar surface area (TPSA) is 70.7 Å². The fourth-order valence-corrected chi connectivity index (χ4v) is 3.44. The number of carbonyl (C=O) groups is 2. The summed E-state index contributed by atoms with van der Waals surface area (Å²) in [6, 6.07) is 5.46. The van der Waals surface area contributed by atoms with E-state index in [0.29, 0.717) is 24.6 Å². The Morgan fingerprint density at radius 3 is 2.88 bits per heavy atom. The molecule has 2 saturated heterocycles. The smallest absolute Gasteiger partial charge is 0.254 e. The van der Waals surface area contributed by atoms with Gasteiger partial charge in [-0.05, 0) is 49.4 Å². The Hall–Kier alpha value is -1.92. The summed E-state index contributed by atoms with van der Waals surface area (Å²) in [6.45, 7) is 7.58. The highest BCUT2D eigenvalue weighted by atomic mass is 16.5. The minimum atomic E-state index is -0.468. The van der Waals surface area contributed by atoms with E-state index >= 15 is 0 Å². The quantitative estimate of drug-likeness (QED) is 0.876. The SMILES string of the molecule is Cc1cc(C(=O)N2CCCC(C)C2)ccc1NC(=O)C1CNCCO1. The molecule has 2 aliphatic rings. The van der Waals surface area contributed by atoms with Crippen LogP contribution in [0, 0.1) is 12.8 Å². The molecule has 0 bridgehead atoms. The normalized spacial score (nSPS) is 24.0. The lowest BCUT2D eigenvalue weighted by atomic mass is 9.99. The number of aryl methyl sites for hydroxylation is 1. The van der Waals surface area contributed by atoms with Crippen molar-refractivity contribution in [3.05, 3.63) is 29.3 Å². The second-order valence-corrected chi connectivity index (χ2v) is 7.08. The van der Waals surface area contributed by atoms with Crippen LogP contribution in [0.5, 0.6) is 0 Å². The molecule has 136 valence electrons. The van der Waals surface area contributed by atoms with Gasteiger partial charge in [-0.1, -0.05) is 6.92 Å². The first-order chi connectivity index (χ1) is 12.0. The van der Waals surface area contributed by atoms with Crippen LogP contribution < -0.4 is 10.6 Å². The number of carbonyl (C=O) groups excluding carboxylic acids is 2. The maximum atomic E-state index is 12.7. The molecule has 2 atom stereocenters. The molecule has 0 aromatic heterocycles. The third-order valence-electron chi connectivity index (χ3n) is 4.90. The number of nitrogens with one attached hydrogen (secondary N) is 2. The molecule has 2 fully saturated rings. The van der Waals surface area contributed by atoms with E-state index in [9.17, 15) is 9.59 Å².